The van der Waals surface area contributed by atoms with Crippen molar-refractivity contribution in [3.05, 3.63) is 39.4 Å². The number of nitrogens with zero attached hydrogens (tertiary/aromatic N) is 2. The topological polar surface area (TPSA) is 79.2 Å². The Bertz CT molecular complexity index is 1020. The predicted octanol–water partition coefficient (Wildman–Crippen LogP) is 4.92. The van der Waals surface area contributed by atoms with Crippen molar-refractivity contribution >= 4 is 30.6 Å². The minimum atomic E-state index is -2.04. The number of aryl methyl sites for hydroxylation is 2. The second-order valence-electron chi connectivity index (χ2n) is 11.1. The molecule has 2 atom stereocenters. The Balaban J connectivity index is 2.66. The van der Waals surface area contributed by atoms with Crippen LogP contribution in [0.25, 0.3) is 10.9 Å². The maximum Gasteiger partial charge on any atom is 0.261 e. The average Bonchev–Trinajstić information content (AvgIpc) is 2.65. The summed E-state index contributed by atoms with van der Waals surface area (Å²) in [5.41, 5.74) is 2.44. The van der Waals surface area contributed by atoms with Crippen molar-refractivity contribution < 1.29 is 8.98 Å². The van der Waals surface area contributed by atoms with Crippen LogP contribution in [0.3, 0.4) is 0 Å². The van der Waals surface area contributed by atoms with E-state index in [2.05, 4.69) is 38.6 Å². The fourth-order valence-electron chi connectivity index (χ4n) is 3.18. The van der Waals surface area contributed by atoms with Crippen LogP contribution < -0.4 is 10.3 Å². The predicted molar refractivity (Wildman–Crippen MR) is 138 cm³/mol. The van der Waals surface area contributed by atoms with Crippen molar-refractivity contribution in [2.75, 3.05) is 6.61 Å². The third-order valence-corrected chi connectivity index (χ3v) is 12.5. The van der Waals surface area contributed by atoms with Gasteiger partial charge in [0.1, 0.15) is 16.6 Å². The summed E-state index contributed by atoms with van der Waals surface area (Å²) in [6.07, 6.45) is 0.654. The summed E-state index contributed by atoms with van der Waals surface area (Å²) in [5, 5.41) is 0.638. The largest absolute Gasteiger partial charge is 0.598 e. The molecule has 0 aliphatic heterocycles. The molecule has 1 N–H and O–H groups in total. The molecule has 32 heavy (non-hydrogen) atoms. The Morgan fingerprint density at radius 1 is 1.22 bits per heavy atom. The van der Waals surface area contributed by atoms with E-state index >= 15 is 0 Å². The van der Waals surface area contributed by atoms with E-state index < -0.39 is 24.4 Å². The number of benzene rings is 1. The quantitative estimate of drug-likeness (QED) is 0.450. The molecular weight excluding hydrogens is 438 g/mol. The number of rotatable bonds is 7. The van der Waals surface area contributed by atoms with E-state index in [-0.39, 0.29) is 16.6 Å². The van der Waals surface area contributed by atoms with E-state index in [4.69, 9.17) is 9.41 Å². The molecule has 0 amide bonds. The van der Waals surface area contributed by atoms with Gasteiger partial charge in [0.15, 0.2) is 8.32 Å². The Labute approximate surface area is 197 Å². The fourth-order valence-corrected chi connectivity index (χ4v) is 5.00. The third-order valence-electron chi connectivity index (χ3n) is 6.36. The molecule has 0 spiro atoms. The molecular formula is C24H41N3O3SSi. The van der Waals surface area contributed by atoms with E-state index in [9.17, 15) is 9.35 Å². The minimum absolute atomic E-state index is 0.0545. The first kappa shape index (κ1) is 27.1. The second-order valence-corrected chi connectivity index (χ2v) is 17.9. The Morgan fingerprint density at radius 2 is 1.81 bits per heavy atom. The number of hydrogen-bond donors (Lipinski definition) is 1. The molecule has 0 aliphatic carbocycles. The van der Waals surface area contributed by atoms with E-state index in [1.165, 1.54) is 0 Å². The zero-order valence-corrected chi connectivity index (χ0v) is 23.5. The van der Waals surface area contributed by atoms with Gasteiger partial charge in [-0.15, -0.1) is 4.72 Å². The lowest BCUT2D eigenvalue weighted by Gasteiger charge is -2.38. The van der Waals surface area contributed by atoms with Crippen LogP contribution in [0, 0.1) is 6.92 Å². The molecule has 6 nitrogen and oxygen atoms in total. The Morgan fingerprint density at radius 3 is 2.31 bits per heavy atom. The number of hydrogen-bond acceptors (Lipinski definition) is 5. The zero-order chi connectivity index (χ0) is 24.6. The molecule has 0 radical (unpaired) electrons. The SMILES string of the molecule is CCc1nc2c([C@H](CO[Si](C)(C)C(C)(C)C)N[S+]([O-])C(C)(C)C)cc(C)cc2c(=O)n1C. The van der Waals surface area contributed by atoms with Gasteiger partial charge in [-0.2, -0.15) is 0 Å². The molecule has 0 saturated carbocycles. The lowest BCUT2D eigenvalue weighted by atomic mass is 10.0. The number of aromatic nitrogens is 2. The average molecular weight is 480 g/mol. The van der Waals surface area contributed by atoms with E-state index in [0.717, 1.165) is 17.0 Å². The highest BCUT2D eigenvalue weighted by Gasteiger charge is 2.39. The van der Waals surface area contributed by atoms with E-state index in [1.54, 1.807) is 11.6 Å². The minimum Gasteiger partial charge on any atom is -0.598 e. The summed E-state index contributed by atoms with van der Waals surface area (Å²) in [7, 11) is -0.277. The molecule has 0 aliphatic rings. The van der Waals surface area contributed by atoms with Crippen molar-refractivity contribution in [3.8, 4) is 0 Å². The summed E-state index contributed by atoms with van der Waals surface area (Å²) in [4.78, 5) is 17.9. The molecule has 1 aromatic carbocycles. The Kier molecular flexibility index (Phi) is 8.10. The first-order valence-corrected chi connectivity index (χ1v) is 15.4. The highest BCUT2D eigenvalue weighted by molar-refractivity contribution is 7.90. The summed E-state index contributed by atoms with van der Waals surface area (Å²) in [6.45, 7) is 21.2. The van der Waals surface area contributed by atoms with Crippen molar-refractivity contribution in [1.82, 2.24) is 14.3 Å². The van der Waals surface area contributed by atoms with Crippen LogP contribution in [0.15, 0.2) is 16.9 Å². The van der Waals surface area contributed by atoms with Crippen LogP contribution in [-0.2, 0) is 29.3 Å². The highest BCUT2D eigenvalue weighted by Crippen LogP contribution is 2.37. The Hall–Kier alpha value is -1.19. The van der Waals surface area contributed by atoms with Crippen molar-refractivity contribution in [2.24, 2.45) is 7.05 Å². The highest BCUT2D eigenvalue weighted by atomic mass is 32.2. The normalized spacial score (nSPS) is 15.2. The lowest BCUT2D eigenvalue weighted by molar-refractivity contribution is 0.256. The third kappa shape index (κ3) is 5.83. The van der Waals surface area contributed by atoms with Gasteiger partial charge in [-0.3, -0.25) is 9.36 Å². The van der Waals surface area contributed by atoms with Crippen LogP contribution in [-0.4, -0.2) is 33.8 Å². The first-order valence-electron chi connectivity index (χ1n) is 11.3. The van der Waals surface area contributed by atoms with Crippen LogP contribution in [0.4, 0.5) is 0 Å². The van der Waals surface area contributed by atoms with Crippen molar-refractivity contribution in [1.29, 1.82) is 0 Å². The molecule has 1 heterocycles. The van der Waals surface area contributed by atoms with Gasteiger partial charge < -0.3 is 8.98 Å². The monoisotopic (exact) mass is 479 g/mol. The maximum absolute atomic E-state index is 13.1. The molecule has 0 fully saturated rings. The fraction of sp³-hybridized carbons (Fsp3) is 0.667. The summed E-state index contributed by atoms with van der Waals surface area (Å²) in [5.74, 6) is 0.730. The van der Waals surface area contributed by atoms with Crippen LogP contribution in [0.2, 0.25) is 18.1 Å². The molecule has 1 aromatic heterocycles. The molecule has 0 bridgehead atoms. The number of fused-ring (bicyclic) bond motifs is 1. The molecule has 2 aromatic rings. The van der Waals surface area contributed by atoms with Gasteiger partial charge in [0, 0.05) is 30.4 Å². The van der Waals surface area contributed by atoms with Gasteiger partial charge >= 0.3 is 0 Å². The van der Waals surface area contributed by atoms with Gasteiger partial charge in [-0.05, 0) is 57.5 Å². The van der Waals surface area contributed by atoms with Gasteiger partial charge in [-0.25, -0.2) is 4.98 Å². The van der Waals surface area contributed by atoms with Crippen molar-refractivity contribution in [3.63, 3.8) is 0 Å². The molecule has 180 valence electrons. The lowest BCUT2D eigenvalue weighted by Crippen LogP contribution is -2.46. The smallest absolute Gasteiger partial charge is 0.261 e. The van der Waals surface area contributed by atoms with Gasteiger partial charge in [0.05, 0.1) is 17.5 Å². The maximum atomic E-state index is 13.1. The summed E-state index contributed by atoms with van der Waals surface area (Å²) in [6, 6.07) is 3.58. The van der Waals surface area contributed by atoms with Crippen molar-refractivity contribution in [2.45, 2.75) is 90.7 Å². The van der Waals surface area contributed by atoms with Gasteiger partial charge in [0.2, 0.25) is 0 Å². The van der Waals surface area contributed by atoms with E-state index in [0.29, 0.717) is 23.9 Å². The first-order chi connectivity index (χ1) is 14.5. The van der Waals surface area contributed by atoms with Crippen LogP contribution in [0.1, 0.15) is 71.5 Å². The van der Waals surface area contributed by atoms with Gasteiger partial charge in [-0.1, -0.05) is 33.8 Å². The van der Waals surface area contributed by atoms with Crippen LogP contribution in [0.5, 0.6) is 0 Å². The van der Waals surface area contributed by atoms with E-state index in [1.807, 2.05) is 46.8 Å². The summed E-state index contributed by atoms with van der Waals surface area (Å²) < 4.78 is 24.1. The van der Waals surface area contributed by atoms with Gasteiger partial charge in [0.25, 0.3) is 5.56 Å². The zero-order valence-electron chi connectivity index (χ0n) is 21.7. The molecule has 8 heteroatoms. The second kappa shape index (κ2) is 9.58. The summed E-state index contributed by atoms with van der Waals surface area (Å²) >= 11 is -1.31. The molecule has 2 rings (SSSR count). The standard InChI is InChI=1S/C24H41N3O3SSi/c1-12-20-25-21-17(13-16(2)14-18(21)22(28)27(20)9)19(26-31(29)23(3,4)5)15-30-32(10,11)24(6,7)8/h13-14,19,26H,12,15H2,1-11H3/t19-,31?/m0/s1. The number of nitrogens with one attached hydrogen (secondary N) is 1. The molecule has 0 saturated heterocycles. The van der Waals surface area contributed by atoms with Crippen LogP contribution >= 0.6 is 0 Å². The molecule has 1 unspecified atom stereocenters.